The highest BCUT2D eigenvalue weighted by molar-refractivity contribution is 5.87. The van der Waals surface area contributed by atoms with Crippen LogP contribution in [0.5, 0.6) is 0 Å². The highest BCUT2D eigenvalue weighted by atomic mass is 16.6. The Hall–Kier alpha value is -2.61. The number of aliphatic hydroxyl groups excluding tert-OH is 1. The highest BCUT2D eigenvalue weighted by Gasteiger charge is 2.30. The van der Waals surface area contributed by atoms with Crippen LogP contribution in [0.1, 0.15) is 84.9 Å². The summed E-state index contributed by atoms with van der Waals surface area (Å²) in [5, 5.41) is 18.8. The number of aryl methyl sites for hydroxylation is 2. The topological polar surface area (TPSA) is 117 Å². The van der Waals surface area contributed by atoms with Gasteiger partial charge in [-0.1, -0.05) is 52.8 Å². The van der Waals surface area contributed by atoms with Crippen molar-refractivity contribution in [3.8, 4) is 0 Å². The van der Waals surface area contributed by atoms with E-state index in [2.05, 4.69) is 35.9 Å². The number of amides is 3. The van der Waals surface area contributed by atoms with Gasteiger partial charge in [0.25, 0.3) is 5.91 Å². The molecule has 1 aromatic carbocycles. The molecule has 8 heteroatoms. The Morgan fingerprint density at radius 3 is 1.91 bits per heavy atom. The Labute approximate surface area is 210 Å². The average Bonchev–Trinajstić information content (AvgIpc) is 2.77. The number of hydrogen-bond donors (Lipinski definition) is 4. The van der Waals surface area contributed by atoms with Crippen molar-refractivity contribution in [1.82, 2.24) is 16.0 Å². The summed E-state index contributed by atoms with van der Waals surface area (Å²) in [5.74, 6) is -0.898. The summed E-state index contributed by atoms with van der Waals surface area (Å²) in [4.78, 5) is 37.9. The van der Waals surface area contributed by atoms with E-state index in [-0.39, 0.29) is 12.5 Å². The number of benzene rings is 1. The number of alkyl carbamates (subject to hydrolysis) is 1. The zero-order valence-electron chi connectivity index (χ0n) is 22.7. The maximum absolute atomic E-state index is 13.0. The zero-order chi connectivity index (χ0) is 26.8. The molecule has 0 bridgehead atoms. The normalized spacial score (nSPS) is 14.1. The number of carbonyl (C=O) groups is 3. The van der Waals surface area contributed by atoms with Gasteiger partial charge in [-0.3, -0.25) is 9.59 Å². The molecule has 8 nitrogen and oxygen atoms in total. The molecule has 2 unspecified atom stereocenters. The fourth-order valence-corrected chi connectivity index (χ4v) is 3.67. The van der Waals surface area contributed by atoms with Crippen molar-refractivity contribution in [3.63, 3.8) is 0 Å². The van der Waals surface area contributed by atoms with E-state index in [9.17, 15) is 19.5 Å². The summed E-state index contributed by atoms with van der Waals surface area (Å²) in [7, 11) is 0. The minimum Gasteiger partial charge on any atom is -0.444 e. The quantitative estimate of drug-likeness (QED) is 0.356. The van der Waals surface area contributed by atoms with Gasteiger partial charge in [-0.2, -0.15) is 0 Å². The number of ether oxygens (including phenoxy) is 1. The first kappa shape index (κ1) is 30.4. The van der Waals surface area contributed by atoms with Gasteiger partial charge >= 0.3 is 6.09 Å². The van der Waals surface area contributed by atoms with Crippen molar-refractivity contribution in [3.05, 3.63) is 34.9 Å². The minimum atomic E-state index is -1.43. The molecule has 1 aromatic rings. The molecular formula is C27H45N3O5. The standard InChI is InChI=1S/C27H45N3O5/c1-9-18-13-19(10-2)15-20(14-18)16-28-25(33)23(31)21(11-3)29-24(32)22(12-17(4)5)30-26(34)35-27(6,7)8/h13-15,17,21-23,31H,9-12,16H2,1-8H3,(H,28,33)(H,29,32)(H,30,34)/t21?,22-,23?/m0/s1. The van der Waals surface area contributed by atoms with Crippen molar-refractivity contribution in [2.24, 2.45) is 5.92 Å². The smallest absolute Gasteiger partial charge is 0.408 e. The van der Waals surface area contributed by atoms with Crippen LogP contribution in [0.4, 0.5) is 4.79 Å². The van der Waals surface area contributed by atoms with E-state index in [0.717, 1.165) is 18.4 Å². The first-order valence-electron chi connectivity index (χ1n) is 12.7. The second-order valence-corrected chi connectivity index (χ2v) is 10.4. The van der Waals surface area contributed by atoms with Gasteiger partial charge in [0.2, 0.25) is 5.91 Å². The van der Waals surface area contributed by atoms with Crippen molar-refractivity contribution in [2.75, 3.05) is 0 Å². The second kappa shape index (κ2) is 14.1. The first-order chi connectivity index (χ1) is 16.3. The molecule has 0 aliphatic rings. The summed E-state index contributed by atoms with van der Waals surface area (Å²) >= 11 is 0. The van der Waals surface area contributed by atoms with E-state index in [0.29, 0.717) is 12.8 Å². The molecule has 0 spiro atoms. The second-order valence-electron chi connectivity index (χ2n) is 10.4. The largest absolute Gasteiger partial charge is 0.444 e. The fourth-order valence-electron chi connectivity index (χ4n) is 3.67. The first-order valence-corrected chi connectivity index (χ1v) is 12.7. The van der Waals surface area contributed by atoms with Gasteiger partial charge in [-0.15, -0.1) is 0 Å². The molecule has 0 radical (unpaired) electrons. The molecule has 0 heterocycles. The summed E-state index contributed by atoms with van der Waals surface area (Å²) in [6.07, 6.45) is 0.409. The van der Waals surface area contributed by atoms with Gasteiger partial charge in [0.1, 0.15) is 11.6 Å². The van der Waals surface area contributed by atoms with E-state index in [4.69, 9.17) is 4.74 Å². The third-order valence-electron chi connectivity index (χ3n) is 5.53. The number of rotatable bonds is 12. The third-order valence-corrected chi connectivity index (χ3v) is 5.53. The highest BCUT2D eigenvalue weighted by Crippen LogP contribution is 2.13. The van der Waals surface area contributed by atoms with Crippen LogP contribution in [-0.4, -0.2) is 46.8 Å². The number of aliphatic hydroxyl groups is 1. The molecule has 3 atom stereocenters. The van der Waals surface area contributed by atoms with Crippen LogP contribution in [0, 0.1) is 5.92 Å². The molecule has 0 saturated carbocycles. The SMILES string of the molecule is CCc1cc(CC)cc(CNC(=O)C(O)C(CC)NC(=O)[C@H](CC(C)C)NC(=O)OC(C)(C)C)c1. The van der Waals surface area contributed by atoms with Crippen LogP contribution in [0.3, 0.4) is 0 Å². The molecular weight excluding hydrogens is 446 g/mol. The Kier molecular flexibility index (Phi) is 12.2. The Balaban J connectivity index is 2.82. The number of hydrogen-bond acceptors (Lipinski definition) is 5. The van der Waals surface area contributed by atoms with Gasteiger partial charge in [0.05, 0.1) is 6.04 Å². The monoisotopic (exact) mass is 491 g/mol. The summed E-state index contributed by atoms with van der Waals surface area (Å²) < 4.78 is 5.28. The Bertz CT molecular complexity index is 825. The lowest BCUT2D eigenvalue weighted by Crippen LogP contribution is -2.55. The van der Waals surface area contributed by atoms with E-state index in [1.54, 1.807) is 27.7 Å². The van der Waals surface area contributed by atoms with Crippen LogP contribution in [0.25, 0.3) is 0 Å². The van der Waals surface area contributed by atoms with E-state index >= 15 is 0 Å². The fraction of sp³-hybridized carbons (Fsp3) is 0.667. The van der Waals surface area contributed by atoms with Crippen LogP contribution >= 0.6 is 0 Å². The predicted octanol–water partition coefficient (Wildman–Crippen LogP) is 3.62. The van der Waals surface area contributed by atoms with Gasteiger partial charge in [-0.05, 0) is 69.1 Å². The van der Waals surface area contributed by atoms with Gasteiger partial charge < -0.3 is 25.8 Å². The summed E-state index contributed by atoms with van der Waals surface area (Å²) in [5.41, 5.74) is 2.66. The van der Waals surface area contributed by atoms with Gasteiger partial charge in [0, 0.05) is 6.54 Å². The maximum atomic E-state index is 13.0. The van der Waals surface area contributed by atoms with Crippen LogP contribution in [0.2, 0.25) is 0 Å². The lowest BCUT2D eigenvalue weighted by atomic mass is 10.0. The molecule has 35 heavy (non-hydrogen) atoms. The van der Waals surface area contributed by atoms with Crippen LogP contribution < -0.4 is 16.0 Å². The maximum Gasteiger partial charge on any atom is 0.408 e. The van der Waals surface area contributed by atoms with Crippen LogP contribution in [-0.2, 0) is 33.7 Å². The van der Waals surface area contributed by atoms with Gasteiger partial charge in [-0.25, -0.2) is 4.79 Å². The molecule has 0 aliphatic heterocycles. The van der Waals surface area contributed by atoms with E-state index in [1.165, 1.54) is 11.1 Å². The lowest BCUT2D eigenvalue weighted by Gasteiger charge is -2.27. The van der Waals surface area contributed by atoms with Crippen LogP contribution in [0.15, 0.2) is 18.2 Å². The number of nitrogens with one attached hydrogen (secondary N) is 3. The Morgan fingerprint density at radius 2 is 1.46 bits per heavy atom. The Morgan fingerprint density at radius 1 is 0.914 bits per heavy atom. The zero-order valence-corrected chi connectivity index (χ0v) is 22.7. The molecule has 1 rings (SSSR count). The third kappa shape index (κ3) is 11.1. The predicted molar refractivity (Wildman–Crippen MR) is 138 cm³/mol. The van der Waals surface area contributed by atoms with Crippen molar-refractivity contribution < 1.29 is 24.2 Å². The molecule has 4 N–H and O–H groups in total. The molecule has 0 aromatic heterocycles. The lowest BCUT2D eigenvalue weighted by molar-refractivity contribution is -0.133. The van der Waals surface area contributed by atoms with Crippen molar-refractivity contribution in [1.29, 1.82) is 0 Å². The molecule has 0 fully saturated rings. The summed E-state index contributed by atoms with van der Waals surface area (Å²) in [6.45, 7) is 15.3. The minimum absolute atomic E-state index is 0.126. The number of carbonyl (C=O) groups excluding carboxylic acids is 3. The van der Waals surface area contributed by atoms with E-state index in [1.807, 2.05) is 26.0 Å². The molecule has 3 amide bonds. The summed E-state index contributed by atoms with van der Waals surface area (Å²) in [6, 6.07) is 4.60. The molecule has 0 saturated heterocycles. The van der Waals surface area contributed by atoms with Gasteiger partial charge in [0.15, 0.2) is 6.10 Å². The van der Waals surface area contributed by atoms with Crippen molar-refractivity contribution >= 4 is 17.9 Å². The molecule has 0 aliphatic carbocycles. The van der Waals surface area contributed by atoms with E-state index < -0.39 is 41.7 Å². The molecule has 198 valence electrons. The average molecular weight is 492 g/mol. The van der Waals surface area contributed by atoms with Crippen molar-refractivity contribution in [2.45, 2.75) is 111 Å².